The van der Waals surface area contributed by atoms with Gasteiger partial charge in [0.1, 0.15) is 5.69 Å². The molecule has 0 saturated heterocycles. The molecule has 0 radical (unpaired) electrons. The Labute approximate surface area is 125 Å². The third-order valence-electron chi connectivity index (χ3n) is 3.64. The van der Waals surface area contributed by atoms with Crippen LogP contribution in [0.15, 0.2) is 30.0 Å². The standard InChI is InChI=1S/C16H22N2O3/c1-18-11-5-8-14(18)16(20)21-12-15(19)17-10-9-13-6-3-2-4-7-13/h5-6,8,11H,2-4,7,9-10,12H2,1H3,(H,17,19). The summed E-state index contributed by atoms with van der Waals surface area (Å²) in [6.45, 7) is 0.370. The Morgan fingerprint density at radius 1 is 1.38 bits per heavy atom. The summed E-state index contributed by atoms with van der Waals surface area (Å²) in [5, 5.41) is 2.78. The Kier molecular flexibility index (Phi) is 5.60. The van der Waals surface area contributed by atoms with Gasteiger partial charge in [-0.25, -0.2) is 4.79 Å². The molecule has 0 spiro atoms. The molecule has 2 rings (SSSR count). The Morgan fingerprint density at radius 2 is 2.24 bits per heavy atom. The first-order chi connectivity index (χ1) is 10.2. The summed E-state index contributed by atoms with van der Waals surface area (Å²) in [5.41, 5.74) is 1.86. The predicted octanol–water partition coefficient (Wildman–Crippen LogP) is 2.19. The Hall–Kier alpha value is -2.04. The molecule has 0 fully saturated rings. The molecule has 21 heavy (non-hydrogen) atoms. The van der Waals surface area contributed by atoms with E-state index in [9.17, 15) is 9.59 Å². The minimum absolute atomic E-state index is 0.233. The van der Waals surface area contributed by atoms with Gasteiger partial charge in [0, 0.05) is 19.8 Å². The molecule has 0 aliphatic heterocycles. The second-order valence-electron chi connectivity index (χ2n) is 5.29. The van der Waals surface area contributed by atoms with Gasteiger partial charge in [0.2, 0.25) is 0 Å². The lowest BCUT2D eigenvalue weighted by Crippen LogP contribution is -2.30. The molecule has 0 saturated carbocycles. The number of aryl methyl sites for hydroxylation is 1. The number of hydrogen-bond donors (Lipinski definition) is 1. The van der Waals surface area contributed by atoms with Crippen molar-refractivity contribution in [1.82, 2.24) is 9.88 Å². The van der Waals surface area contributed by atoms with E-state index in [2.05, 4.69) is 11.4 Å². The van der Waals surface area contributed by atoms with Crippen molar-refractivity contribution < 1.29 is 14.3 Å². The van der Waals surface area contributed by atoms with Crippen molar-refractivity contribution in [3.8, 4) is 0 Å². The number of allylic oxidation sites excluding steroid dienone is 1. The third kappa shape index (κ3) is 4.77. The minimum Gasteiger partial charge on any atom is -0.451 e. The van der Waals surface area contributed by atoms with E-state index < -0.39 is 5.97 Å². The van der Waals surface area contributed by atoms with Crippen molar-refractivity contribution in [2.75, 3.05) is 13.2 Å². The van der Waals surface area contributed by atoms with Gasteiger partial charge in [-0.05, 0) is 44.2 Å². The van der Waals surface area contributed by atoms with Crippen LogP contribution in [0.25, 0.3) is 0 Å². The number of esters is 1. The number of carbonyl (C=O) groups is 2. The van der Waals surface area contributed by atoms with Gasteiger partial charge in [0.25, 0.3) is 5.91 Å². The van der Waals surface area contributed by atoms with E-state index >= 15 is 0 Å². The van der Waals surface area contributed by atoms with E-state index in [0.29, 0.717) is 12.2 Å². The second-order valence-corrected chi connectivity index (χ2v) is 5.29. The Morgan fingerprint density at radius 3 is 2.90 bits per heavy atom. The predicted molar refractivity (Wildman–Crippen MR) is 79.9 cm³/mol. The fourth-order valence-corrected chi connectivity index (χ4v) is 2.42. The van der Waals surface area contributed by atoms with Crippen LogP contribution in [-0.2, 0) is 16.6 Å². The topological polar surface area (TPSA) is 60.3 Å². The average molecular weight is 290 g/mol. The Bertz CT molecular complexity index is 531. The molecule has 0 atom stereocenters. The maximum Gasteiger partial charge on any atom is 0.355 e. The molecule has 5 heteroatoms. The van der Waals surface area contributed by atoms with Crippen LogP contribution in [0, 0.1) is 0 Å². The SMILES string of the molecule is Cn1cccc1C(=O)OCC(=O)NCCC1=CCCCC1. The lowest BCUT2D eigenvalue weighted by molar-refractivity contribution is -0.124. The maximum absolute atomic E-state index is 11.7. The second kappa shape index (κ2) is 7.67. The van der Waals surface area contributed by atoms with Gasteiger partial charge in [-0.2, -0.15) is 0 Å². The molecule has 5 nitrogen and oxygen atoms in total. The molecule has 1 aromatic rings. The average Bonchev–Trinajstić information content (AvgIpc) is 2.92. The van der Waals surface area contributed by atoms with E-state index in [4.69, 9.17) is 4.74 Å². The van der Waals surface area contributed by atoms with E-state index in [1.54, 1.807) is 29.9 Å². The highest BCUT2D eigenvalue weighted by Crippen LogP contribution is 2.19. The number of nitrogens with one attached hydrogen (secondary N) is 1. The summed E-state index contributed by atoms with van der Waals surface area (Å²) in [7, 11) is 1.76. The van der Waals surface area contributed by atoms with Crippen LogP contribution in [0.2, 0.25) is 0 Å². The van der Waals surface area contributed by atoms with Crippen LogP contribution in [0.3, 0.4) is 0 Å². The third-order valence-corrected chi connectivity index (χ3v) is 3.64. The van der Waals surface area contributed by atoms with Gasteiger partial charge in [-0.15, -0.1) is 0 Å². The molecule has 1 aliphatic rings. The molecule has 1 aromatic heterocycles. The van der Waals surface area contributed by atoms with Crippen LogP contribution >= 0.6 is 0 Å². The van der Waals surface area contributed by atoms with Crippen molar-refractivity contribution >= 4 is 11.9 Å². The highest BCUT2D eigenvalue weighted by Gasteiger charge is 2.12. The first kappa shape index (κ1) is 15.4. The maximum atomic E-state index is 11.7. The zero-order chi connectivity index (χ0) is 15.1. The van der Waals surface area contributed by atoms with Crippen LogP contribution in [0.5, 0.6) is 0 Å². The first-order valence-corrected chi connectivity index (χ1v) is 7.40. The van der Waals surface area contributed by atoms with Crippen LogP contribution in [0.4, 0.5) is 0 Å². The van der Waals surface area contributed by atoms with Crippen LogP contribution < -0.4 is 5.32 Å². The highest BCUT2D eigenvalue weighted by molar-refractivity contribution is 5.89. The van der Waals surface area contributed by atoms with Gasteiger partial charge in [-0.1, -0.05) is 11.6 Å². The zero-order valence-electron chi connectivity index (χ0n) is 12.4. The Balaban J connectivity index is 1.64. The number of amides is 1. The minimum atomic E-state index is -0.479. The number of ether oxygens (including phenoxy) is 1. The van der Waals surface area contributed by atoms with E-state index in [1.165, 1.54) is 18.4 Å². The summed E-state index contributed by atoms with van der Waals surface area (Å²) < 4.78 is 6.65. The number of aromatic nitrogens is 1. The van der Waals surface area contributed by atoms with Gasteiger partial charge in [0.05, 0.1) is 0 Å². The van der Waals surface area contributed by atoms with E-state index in [-0.39, 0.29) is 12.5 Å². The summed E-state index contributed by atoms with van der Waals surface area (Å²) in [6.07, 6.45) is 9.71. The summed E-state index contributed by atoms with van der Waals surface area (Å²) in [6, 6.07) is 3.42. The molecule has 0 aromatic carbocycles. The summed E-state index contributed by atoms with van der Waals surface area (Å²) >= 11 is 0. The first-order valence-electron chi connectivity index (χ1n) is 7.40. The van der Waals surface area contributed by atoms with Crippen molar-refractivity contribution in [1.29, 1.82) is 0 Å². The summed E-state index contributed by atoms with van der Waals surface area (Å²) in [5.74, 6) is -0.735. The number of nitrogens with zero attached hydrogens (tertiary/aromatic N) is 1. The number of rotatable bonds is 6. The van der Waals surface area contributed by atoms with Gasteiger partial charge in [-0.3, -0.25) is 4.79 Å². The normalized spacial score (nSPS) is 14.4. The monoisotopic (exact) mass is 290 g/mol. The van der Waals surface area contributed by atoms with E-state index in [0.717, 1.165) is 19.3 Å². The molecule has 1 N–H and O–H groups in total. The largest absolute Gasteiger partial charge is 0.451 e. The fourth-order valence-electron chi connectivity index (χ4n) is 2.42. The summed E-state index contributed by atoms with van der Waals surface area (Å²) in [4.78, 5) is 23.3. The molecule has 0 unspecified atom stereocenters. The lowest BCUT2D eigenvalue weighted by atomic mass is 9.97. The molecule has 1 amide bonds. The molecular formula is C16H22N2O3. The van der Waals surface area contributed by atoms with Crippen molar-refractivity contribution in [2.45, 2.75) is 32.1 Å². The highest BCUT2D eigenvalue weighted by atomic mass is 16.5. The molecule has 114 valence electrons. The van der Waals surface area contributed by atoms with Crippen LogP contribution in [0.1, 0.15) is 42.6 Å². The molecule has 1 heterocycles. The number of hydrogen-bond acceptors (Lipinski definition) is 3. The van der Waals surface area contributed by atoms with Crippen molar-refractivity contribution in [2.24, 2.45) is 7.05 Å². The van der Waals surface area contributed by atoms with Gasteiger partial charge in [0.15, 0.2) is 6.61 Å². The molecular weight excluding hydrogens is 268 g/mol. The molecule has 0 bridgehead atoms. The lowest BCUT2D eigenvalue weighted by Gasteiger charge is -2.13. The molecule has 1 aliphatic carbocycles. The van der Waals surface area contributed by atoms with Gasteiger partial charge < -0.3 is 14.6 Å². The van der Waals surface area contributed by atoms with E-state index in [1.807, 2.05) is 0 Å². The zero-order valence-corrected chi connectivity index (χ0v) is 12.4. The van der Waals surface area contributed by atoms with Gasteiger partial charge >= 0.3 is 5.97 Å². The van der Waals surface area contributed by atoms with Crippen molar-refractivity contribution in [3.63, 3.8) is 0 Å². The number of carbonyl (C=O) groups excluding carboxylic acids is 2. The quantitative estimate of drug-likeness (QED) is 0.645. The van der Waals surface area contributed by atoms with Crippen molar-refractivity contribution in [3.05, 3.63) is 35.7 Å². The van der Waals surface area contributed by atoms with Crippen LogP contribution in [-0.4, -0.2) is 29.6 Å². The smallest absolute Gasteiger partial charge is 0.355 e. The fraction of sp³-hybridized carbons (Fsp3) is 0.500.